The molecule has 0 fully saturated rings. The highest BCUT2D eigenvalue weighted by Crippen LogP contribution is 2.33. The number of aryl methyl sites for hydroxylation is 1. The van der Waals surface area contributed by atoms with Crippen LogP contribution < -0.4 is 9.47 Å². The molecule has 0 spiro atoms. The van der Waals surface area contributed by atoms with Gasteiger partial charge in [0, 0.05) is 27.7 Å². The zero-order valence-electron chi connectivity index (χ0n) is 13.9. The number of fused-ring (bicyclic) bond motifs is 2. The van der Waals surface area contributed by atoms with Crippen molar-refractivity contribution in [2.45, 2.75) is 6.92 Å². The summed E-state index contributed by atoms with van der Waals surface area (Å²) in [6, 6.07) is 13.8. The summed E-state index contributed by atoms with van der Waals surface area (Å²) in [5.74, 6) is -1.52. The van der Waals surface area contributed by atoms with Gasteiger partial charge < -0.3 is 14.5 Å². The second kappa shape index (κ2) is 6.05. The van der Waals surface area contributed by atoms with Gasteiger partial charge in [0.25, 0.3) is 0 Å². The Morgan fingerprint density at radius 1 is 1.12 bits per heavy atom. The molecule has 3 aromatic rings. The number of para-hydroxylation sites is 1. The minimum Gasteiger partial charge on any atom is -0.454 e. The van der Waals surface area contributed by atoms with E-state index in [0.29, 0.717) is 28.1 Å². The Bertz CT molecular complexity index is 1090. The van der Waals surface area contributed by atoms with Crippen LogP contribution in [-0.4, -0.2) is 23.3 Å². The summed E-state index contributed by atoms with van der Waals surface area (Å²) in [7, 11) is 0. The van der Waals surface area contributed by atoms with Gasteiger partial charge in [0.1, 0.15) is 0 Å². The van der Waals surface area contributed by atoms with Crippen LogP contribution >= 0.6 is 0 Å². The number of aromatic amines is 1. The van der Waals surface area contributed by atoms with Gasteiger partial charge in [0.2, 0.25) is 6.79 Å². The maximum atomic E-state index is 13.0. The van der Waals surface area contributed by atoms with Crippen LogP contribution in [0.4, 0.5) is 0 Å². The Labute approximate surface area is 149 Å². The average molecular weight is 346 g/mol. The smallest absolute Gasteiger partial charge is 0.231 e. The number of ether oxygens (including phenoxy) is 2. The van der Waals surface area contributed by atoms with Crippen LogP contribution in [0.1, 0.15) is 26.4 Å². The molecule has 128 valence electrons. The molecule has 0 saturated carbocycles. The lowest BCUT2D eigenvalue weighted by Crippen LogP contribution is -2.23. The van der Waals surface area contributed by atoms with Gasteiger partial charge in [-0.3, -0.25) is 9.59 Å². The van der Waals surface area contributed by atoms with E-state index in [1.807, 2.05) is 24.3 Å². The van der Waals surface area contributed by atoms with Crippen molar-refractivity contribution < 1.29 is 19.1 Å². The first-order chi connectivity index (χ1) is 12.6. The SMILES string of the molecule is Cc1[nH]c2ccccc2c1C(=O)[C@@H](C#N)C(=O)c1ccc2c(c1)OCO2. The van der Waals surface area contributed by atoms with Crippen molar-refractivity contribution in [2.75, 3.05) is 6.79 Å². The van der Waals surface area contributed by atoms with Gasteiger partial charge in [-0.05, 0) is 31.2 Å². The molecule has 6 nitrogen and oxygen atoms in total. The highest BCUT2D eigenvalue weighted by Gasteiger charge is 2.32. The number of nitriles is 1. The molecule has 2 heterocycles. The second-order valence-corrected chi connectivity index (χ2v) is 6.03. The van der Waals surface area contributed by atoms with Crippen molar-refractivity contribution >= 4 is 22.5 Å². The van der Waals surface area contributed by atoms with Crippen LogP contribution in [0.2, 0.25) is 0 Å². The third-order valence-corrected chi connectivity index (χ3v) is 4.45. The van der Waals surface area contributed by atoms with E-state index in [1.54, 1.807) is 19.1 Å². The van der Waals surface area contributed by atoms with Crippen molar-refractivity contribution in [1.82, 2.24) is 4.98 Å². The first-order valence-electron chi connectivity index (χ1n) is 8.05. The fourth-order valence-electron chi connectivity index (χ4n) is 3.19. The Balaban J connectivity index is 1.72. The number of carbonyl (C=O) groups is 2. The topological polar surface area (TPSA) is 92.2 Å². The molecular formula is C20H14N2O4. The first-order valence-corrected chi connectivity index (χ1v) is 8.05. The average Bonchev–Trinajstić information content (AvgIpc) is 3.24. The van der Waals surface area contributed by atoms with Crippen molar-refractivity contribution in [3.05, 3.63) is 59.3 Å². The van der Waals surface area contributed by atoms with Gasteiger partial charge in [-0.15, -0.1) is 0 Å². The number of rotatable bonds is 4. The number of hydrogen-bond donors (Lipinski definition) is 1. The largest absolute Gasteiger partial charge is 0.454 e. The lowest BCUT2D eigenvalue weighted by atomic mass is 9.90. The highest BCUT2D eigenvalue weighted by molar-refractivity contribution is 6.22. The third kappa shape index (κ3) is 2.42. The van der Waals surface area contributed by atoms with Gasteiger partial charge in [0.15, 0.2) is 29.0 Å². The Morgan fingerprint density at radius 2 is 1.88 bits per heavy atom. The molecule has 26 heavy (non-hydrogen) atoms. The van der Waals surface area contributed by atoms with E-state index in [1.165, 1.54) is 12.1 Å². The molecular weight excluding hydrogens is 332 g/mol. The van der Waals surface area contributed by atoms with Crippen LogP contribution in [0, 0.1) is 24.2 Å². The lowest BCUT2D eigenvalue weighted by Gasteiger charge is -2.09. The second-order valence-electron chi connectivity index (χ2n) is 6.03. The Morgan fingerprint density at radius 3 is 2.69 bits per heavy atom. The molecule has 1 aliphatic rings. The quantitative estimate of drug-likeness (QED) is 0.577. The number of Topliss-reactive ketones (excluding diaryl/α,β-unsaturated/α-hetero) is 2. The summed E-state index contributed by atoms with van der Waals surface area (Å²) in [6.45, 7) is 1.84. The molecule has 2 aromatic carbocycles. The number of carbonyl (C=O) groups excluding carboxylic acids is 2. The molecule has 0 amide bonds. The van der Waals surface area contributed by atoms with E-state index in [0.717, 1.165) is 5.52 Å². The van der Waals surface area contributed by atoms with Gasteiger partial charge >= 0.3 is 0 Å². The minimum atomic E-state index is -1.42. The molecule has 0 bridgehead atoms. The monoisotopic (exact) mass is 346 g/mol. The Hall–Kier alpha value is -3.59. The zero-order valence-corrected chi connectivity index (χ0v) is 13.9. The molecule has 0 aliphatic carbocycles. The van der Waals surface area contributed by atoms with Crippen molar-refractivity contribution in [1.29, 1.82) is 5.26 Å². The number of nitrogens with one attached hydrogen (secondary N) is 1. The molecule has 1 aromatic heterocycles. The van der Waals surface area contributed by atoms with E-state index in [2.05, 4.69) is 4.98 Å². The van der Waals surface area contributed by atoms with Crippen molar-refractivity contribution in [3.63, 3.8) is 0 Å². The number of hydrogen-bond acceptors (Lipinski definition) is 5. The van der Waals surface area contributed by atoms with E-state index in [4.69, 9.17) is 9.47 Å². The van der Waals surface area contributed by atoms with Crippen LogP contribution in [0.5, 0.6) is 11.5 Å². The minimum absolute atomic E-state index is 0.0854. The fraction of sp³-hybridized carbons (Fsp3) is 0.150. The van der Waals surface area contributed by atoms with Crippen LogP contribution in [0.25, 0.3) is 10.9 Å². The summed E-state index contributed by atoms with van der Waals surface area (Å²) < 4.78 is 10.5. The van der Waals surface area contributed by atoms with Gasteiger partial charge in [-0.2, -0.15) is 5.26 Å². The number of ketones is 2. The van der Waals surface area contributed by atoms with Crippen molar-refractivity contribution in [3.8, 4) is 17.6 Å². The summed E-state index contributed by atoms with van der Waals surface area (Å²) in [5, 5.41) is 10.2. The van der Waals surface area contributed by atoms with E-state index in [-0.39, 0.29) is 12.4 Å². The molecule has 0 unspecified atom stereocenters. The molecule has 4 rings (SSSR count). The van der Waals surface area contributed by atoms with Crippen LogP contribution in [-0.2, 0) is 0 Å². The van der Waals surface area contributed by atoms with E-state index in [9.17, 15) is 14.9 Å². The summed E-state index contributed by atoms with van der Waals surface area (Å²) in [5.41, 5.74) is 2.04. The molecule has 1 N–H and O–H groups in total. The zero-order chi connectivity index (χ0) is 18.3. The summed E-state index contributed by atoms with van der Waals surface area (Å²) in [6.07, 6.45) is 0. The highest BCUT2D eigenvalue weighted by atomic mass is 16.7. The third-order valence-electron chi connectivity index (χ3n) is 4.45. The normalized spacial score (nSPS) is 13.4. The van der Waals surface area contributed by atoms with Crippen molar-refractivity contribution in [2.24, 2.45) is 5.92 Å². The number of nitrogens with zero attached hydrogens (tertiary/aromatic N) is 1. The molecule has 6 heteroatoms. The van der Waals surface area contributed by atoms with E-state index < -0.39 is 17.5 Å². The summed E-state index contributed by atoms with van der Waals surface area (Å²) >= 11 is 0. The van der Waals surface area contributed by atoms with Crippen LogP contribution in [0.15, 0.2) is 42.5 Å². The first kappa shape index (κ1) is 15.9. The van der Waals surface area contributed by atoms with Gasteiger partial charge in [-0.25, -0.2) is 0 Å². The maximum Gasteiger partial charge on any atom is 0.231 e. The molecule has 1 atom stereocenters. The summed E-state index contributed by atoms with van der Waals surface area (Å²) in [4.78, 5) is 28.9. The number of aromatic nitrogens is 1. The van der Waals surface area contributed by atoms with Gasteiger partial charge in [-0.1, -0.05) is 18.2 Å². The number of benzene rings is 2. The standard InChI is InChI=1S/C20H14N2O4/c1-11-18(13-4-2-3-5-15(13)22-11)20(24)14(9-21)19(23)12-6-7-16-17(8-12)26-10-25-16/h2-8,14,22H,10H2,1H3/t14-/m0/s1. The lowest BCUT2D eigenvalue weighted by molar-refractivity contribution is 0.0846. The van der Waals surface area contributed by atoms with Crippen LogP contribution in [0.3, 0.4) is 0 Å². The molecule has 1 aliphatic heterocycles. The fourth-order valence-corrected chi connectivity index (χ4v) is 3.19. The molecule has 0 radical (unpaired) electrons. The molecule has 0 saturated heterocycles. The van der Waals surface area contributed by atoms with Gasteiger partial charge in [0.05, 0.1) is 6.07 Å². The number of H-pyrrole nitrogens is 1. The Kier molecular flexibility index (Phi) is 3.70. The maximum absolute atomic E-state index is 13.0. The van der Waals surface area contributed by atoms with E-state index >= 15 is 0 Å². The predicted octanol–water partition coefficient (Wildman–Crippen LogP) is 3.41. The predicted molar refractivity (Wildman–Crippen MR) is 93.4 cm³/mol.